The van der Waals surface area contributed by atoms with E-state index >= 15 is 0 Å². The molecule has 1 saturated heterocycles. The maximum Gasteiger partial charge on any atom is 0.191 e. The Balaban J connectivity index is 1.85. The van der Waals surface area contributed by atoms with Gasteiger partial charge in [0.05, 0.1) is 27.4 Å². The molecule has 0 bridgehead atoms. The van der Waals surface area contributed by atoms with Crippen LogP contribution in [0, 0.1) is 5.92 Å². The summed E-state index contributed by atoms with van der Waals surface area (Å²) in [5.74, 6) is 3.07. The second-order valence-electron chi connectivity index (χ2n) is 7.71. The predicted molar refractivity (Wildman–Crippen MR) is 120 cm³/mol. The summed E-state index contributed by atoms with van der Waals surface area (Å²) in [7, 11) is 3.37. The lowest BCUT2D eigenvalue weighted by Crippen LogP contribution is -2.48. The number of nitrogens with one attached hydrogen (secondary N) is 2. The van der Waals surface area contributed by atoms with E-state index in [-0.39, 0.29) is 0 Å². The van der Waals surface area contributed by atoms with E-state index in [1.54, 1.807) is 14.2 Å². The molecule has 29 heavy (non-hydrogen) atoms. The number of anilines is 1. The smallest absolute Gasteiger partial charge is 0.191 e. The number of hydrogen-bond donors (Lipinski definition) is 2. The van der Waals surface area contributed by atoms with Crippen LogP contribution >= 0.6 is 0 Å². The fourth-order valence-corrected chi connectivity index (χ4v) is 3.31. The van der Waals surface area contributed by atoms with E-state index in [4.69, 9.17) is 14.2 Å². The first-order valence-electron chi connectivity index (χ1n) is 10.7. The highest BCUT2D eigenvalue weighted by Crippen LogP contribution is 2.30. The highest BCUT2D eigenvalue weighted by atomic mass is 16.5. The molecule has 0 unspecified atom stereocenters. The van der Waals surface area contributed by atoms with Crippen molar-refractivity contribution in [3.8, 4) is 11.5 Å². The zero-order valence-corrected chi connectivity index (χ0v) is 18.7. The summed E-state index contributed by atoms with van der Waals surface area (Å²) in [4.78, 5) is 7.03. The van der Waals surface area contributed by atoms with Crippen LogP contribution in [0.5, 0.6) is 11.5 Å². The molecule has 1 aromatic carbocycles. The van der Waals surface area contributed by atoms with Crippen LogP contribution in [0.4, 0.5) is 5.69 Å². The summed E-state index contributed by atoms with van der Waals surface area (Å²) in [6.45, 7) is 11.3. The van der Waals surface area contributed by atoms with Crippen molar-refractivity contribution >= 4 is 11.6 Å². The monoisotopic (exact) mass is 406 g/mol. The minimum absolute atomic E-state index is 0.410. The summed E-state index contributed by atoms with van der Waals surface area (Å²) >= 11 is 0. The lowest BCUT2D eigenvalue weighted by molar-refractivity contribution is 0.117. The van der Waals surface area contributed by atoms with E-state index in [1.165, 1.54) is 0 Å². The summed E-state index contributed by atoms with van der Waals surface area (Å²) in [5.41, 5.74) is 1.14. The van der Waals surface area contributed by atoms with Crippen molar-refractivity contribution in [2.75, 3.05) is 58.5 Å². The normalized spacial score (nSPS) is 15.5. The van der Waals surface area contributed by atoms with Gasteiger partial charge in [-0.1, -0.05) is 13.8 Å². The summed E-state index contributed by atoms with van der Waals surface area (Å²) in [5, 5.41) is 6.92. The van der Waals surface area contributed by atoms with Crippen LogP contribution in [0.2, 0.25) is 0 Å². The molecule has 0 spiro atoms. The van der Waals surface area contributed by atoms with Crippen LogP contribution in [0.15, 0.2) is 23.2 Å². The van der Waals surface area contributed by atoms with Crippen molar-refractivity contribution in [1.82, 2.24) is 10.6 Å². The van der Waals surface area contributed by atoms with Crippen molar-refractivity contribution in [2.24, 2.45) is 10.9 Å². The molecule has 164 valence electrons. The molecular weight excluding hydrogens is 368 g/mol. The van der Waals surface area contributed by atoms with Crippen LogP contribution in [-0.2, 0) is 4.74 Å². The number of piperidine rings is 1. The topological polar surface area (TPSA) is 67.4 Å². The van der Waals surface area contributed by atoms with Crippen molar-refractivity contribution < 1.29 is 14.2 Å². The van der Waals surface area contributed by atoms with E-state index in [0.29, 0.717) is 25.1 Å². The number of methoxy groups -OCH3 is 2. The highest BCUT2D eigenvalue weighted by molar-refractivity contribution is 5.80. The van der Waals surface area contributed by atoms with E-state index in [0.717, 1.165) is 62.2 Å². The van der Waals surface area contributed by atoms with Gasteiger partial charge in [-0.05, 0) is 25.7 Å². The first-order valence-corrected chi connectivity index (χ1v) is 10.7. The largest absolute Gasteiger partial charge is 0.497 e. The molecule has 0 amide bonds. The molecule has 0 aromatic heterocycles. The maximum absolute atomic E-state index is 5.62. The van der Waals surface area contributed by atoms with Crippen molar-refractivity contribution in [2.45, 2.75) is 39.7 Å². The Kier molecular flexibility index (Phi) is 9.91. The molecule has 1 aromatic rings. The quantitative estimate of drug-likeness (QED) is 0.354. The maximum atomic E-state index is 5.62. The van der Waals surface area contributed by atoms with Gasteiger partial charge in [0.1, 0.15) is 11.5 Å². The molecule has 1 aliphatic heterocycles. The first kappa shape index (κ1) is 23.1. The van der Waals surface area contributed by atoms with Crippen LogP contribution in [0.3, 0.4) is 0 Å². The molecule has 1 aliphatic rings. The fourth-order valence-electron chi connectivity index (χ4n) is 3.31. The predicted octanol–water partition coefficient (Wildman–Crippen LogP) is 2.90. The zero-order chi connectivity index (χ0) is 21.1. The second-order valence-corrected chi connectivity index (χ2v) is 7.71. The van der Waals surface area contributed by atoms with Crippen LogP contribution in [0.1, 0.15) is 33.6 Å². The van der Waals surface area contributed by atoms with Crippen LogP contribution in [-0.4, -0.2) is 65.6 Å². The van der Waals surface area contributed by atoms with Gasteiger partial charge in [0.2, 0.25) is 0 Å². The van der Waals surface area contributed by atoms with Gasteiger partial charge in [-0.25, -0.2) is 0 Å². The number of ether oxygens (including phenoxy) is 3. The lowest BCUT2D eigenvalue weighted by Gasteiger charge is -2.34. The summed E-state index contributed by atoms with van der Waals surface area (Å²) in [6.07, 6.45) is 2.10. The van der Waals surface area contributed by atoms with Gasteiger partial charge >= 0.3 is 0 Å². The number of hydrogen-bond acceptors (Lipinski definition) is 5. The minimum Gasteiger partial charge on any atom is -0.497 e. The molecule has 2 N–H and O–H groups in total. The molecule has 0 atom stereocenters. The number of benzene rings is 1. The molecule has 0 radical (unpaired) electrons. The van der Waals surface area contributed by atoms with Gasteiger partial charge in [0, 0.05) is 56.2 Å². The number of aliphatic imine (C=N–C) groups is 1. The molecule has 1 heterocycles. The van der Waals surface area contributed by atoms with Crippen molar-refractivity contribution in [1.29, 1.82) is 0 Å². The SMILES string of the molecule is CCNC(=NCCOCC(C)C)NC1CCN(c2cc(OC)cc(OC)c2)CC1. The Hall–Kier alpha value is -2.15. The molecule has 1 fully saturated rings. The average Bonchev–Trinajstić information content (AvgIpc) is 2.73. The van der Waals surface area contributed by atoms with Gasteiger partial charge in [0.25, 0.3) is 0 Å². The van der Waals surface area contributed by atoms with E-state index in [1.807, 2.05) is 6.07 Å². The number of nitrogens with zero attached hydrogens (tertiary/aromatic N) is 2. The molecule has 7 nitrogen and oxygen atoms in total. The Morgan fingerprint density at radius 1 is 1.14 bits per heavy atom. The molecule has 2 rings (SSSR count). The second kappa shape index (κ2) is 12.4. The number of guanidine groups is 1. The van der Waals surface area contributed by atoms with Crippen LogP contribution in [0.25, 0.3) is 0 Å². The Morgan fingerprint density at radius 3 is 2.34 bits per heavy atom. The van der Waals surface area contributed by atoms with Gasteiger partial charge < -0.3 is 29.7 Å². The van der Waals surface area contributed by atoms with Crippen molar-refractivity contribution in [3.63, 3.8) is 0 Å². The van der Waals surface area contributed by atoms with Crippen LogP contribution < -0.4 is 25.0 Å². The van der Waals surface area contributed by atoms with E-state index in [2.05, 4.69) is 53.4 Å². The summed E-state index contributed by atoms with van der Waals surface area (Å²) in [6, 6.07) is 6.45. The third-order valence-electron chi connectivity index (χ3n) is 4.84. The Morgan fingerprint density at radius 2 is 1.79 bits per heavy atom. The van der Waals surface area contributed by atoms with Gasteiger partial charge in [-0.2, -0.15) is 0 Å². The molecule has 0 aliphatic carbocycles. The minimum atomic E-state index is 0.410. The lowest BCUT2D eigenvalue weighted by atomic mass is 10.0. The summed E-state index contributed by atoms with van der Waals surface area (Å²) < 4.78 is 16.4. The van der Waals surface area contributed by atoms with Crippen molar-refractivity contribution in [3.05, 3.63) is 18.2 Å². The third-order valence-corrected chi connectivity index (χ3v) is 4.84. The standard InChI is InChI=1S/C22H38N4O3/c1-6-23-22(24-9-12-29-16-17(2)3)25-18-7-10-26(11-8-18)19-13-20(27-4)15-21(14-19)28-5/h13-15,17-18H,6-12,16H2,1-5H3,(H2,23,24,25). The van der Waals surface area contributed by atoms with Gasteiger partial charge in [0.15, 0.2) is 5.96 Å². The Labute approximate surface area is 175 Å². The van der Waals surface area contributed by atoms with Gasteiger partial charge in [-0.15, -0.1) is 0 Å². The zero-order valence-electron chi connectivity index (χ0n) is 18.7. The van der Waals surface area contributed by atoms with E-state index in [9.17, 15) is 0 Å². The molecular formula is C22H38N4O3. The first-order chi connectivity index (χ1) is 14.0. The van der Waals surface area contributed by atoms with Gasteiger partial charge in [-0.3, -0.25) is 4.99 Å². The Bertz CT molecular complexity index is 606. The fraction of sp³-hybridized carbons (Fsp3) is 0.682. The number of rotatable bonds is 10. The molecule has 7 heteroatoms. The average molecular weight is 407 g/mol. The highest BCUT2D eigenvalue weighted by Gasteiger charge is 2.21. The molecule has 0 saturated carbocycles. The third kappa shape index (κ3) is 8.01. The van der Waals surface area contributed by atoms with E-state index < -0.39 is 0 Å².